The normalized spacial score (nSPS) is 30.5. The summed E-state index contributed by atoms with van der Waals surface area (Å²) in [5, 5.41) is 39.8. The monoisotopic (exact) mass is 409 g/mol. The van der Waals surface area contributed by atoms with E-state index in [1.165, 1.54) is 12.1 Å². The molecule has 0 radical (unpaired) electrons. The second kappa shape index (κ2) is 7.87. The first-order valence-electron chi connectivity index (χ1n) is 11.1. The van der Waals surface area contributed by atoms with Gasteiger partial charge in [-0.3, -0.25) is 0 Å². The van der Waals surface area contributed by atoms with Crippen LogP contribution in [0.2, 0.25) is 0 Å². The third-order valence-corrected chi connectivity index (χ3v) is 5.79. The van der Waals surface area contributed by atoms with Crippen LogP contribution in [-0.4, -0.2) is 51.4 Å². The molecule has 0 saturated carbocycles. The molecule has 1 saturated heterocycles. The van der Waals surface area contributed by atoms with Gasteiger partial charge < -0.3 is 25.2 Å². The van der Waals surface area contributed by atoms with Gasteiger partial charge in [-0.05, 0) is 40.7 Å². The lowest BCUT2D eigenvalue weighted by Crippen LogP contribution is -2.55. The summed E-state index contributed by atoms with van der Waals surface area (Å²) >= 11 is 0.986. The fourth-order valence-electron chi connectivity index (χ4n) is 3.29. The predicted molar refractivity (Wildman–Crippen MR) is 104 cm³/mol. The Morgan fingerprint density at radius 2 is 1.89 bits per heavy atom. The molecule has 1 aromatic heterocycles. The molecule has 7 heteroatoms. The standard InChI is InChI=1S/C21H21FO5S/c22-15-6-5-12(21-20(26)19(25)18(24)16(10-23)27-21)7-13(15)9-14-8-11-3-1-2-4-17(11)28-14/h1-8,16,18-21,23-26H,9-10H2/t16-,18-,19+,20-,21+/m1/s1/i1D,2D,3D,4D,8D. The summed E-state index contributed by atoms with van der Waals surface area (Å²) < 4.78 is 60.6. The van der Waals surface area contributed by atoms with Crippen molar-refractivity contribution in [1.29, 1.82) is 0 Å². The molecule has 0 spiro atoms. The number of hydrogen-bond acceptors (Lipinski definition) is 6. The van der Waals surface area contributed by atoms with Crippen LogP contribution >= 0.6 is 11.3 Å². The molecule has 5 nitrogen and oxygen atoms in total. The van der Waals surface area contributed by atoms with Crippen molar-refractivity contribution in [2.75, 3.05) is 6.61 Å². The van der Waals surface area contributed by atoms with Gasteiger partial charge in [-0.25, -0.2) is 4.39 Å². The number of benzene rings is 2. The van der Waals surface area contributed by atoms with Gasteiger partial charge in [-0.15, -0.1) is 11.3 Å². The average Bonchev–Trinajstić information content (AvgIpc) is 3.12. The van der Waals surface area contributed by atoms with Crippen molar-refractivity contribution < 1.29 is 36.4 Å². The Morgan fingerprint density at radius 3 is 2.68 bits per heavy atom. The summed E-state index contributed by atoms with van der Waals surface area (Å²) in [6.45, 7) is -0.597. The van der Waals surface area contributed by atoms with Crippen molar-refractivity contribution in [3.05, 3.63) is 70.2 Å². The SMILES string of the molecule is [2H]c1c([2H])c([2H])c2c([2H])c(Cc3cc([C@@H]4O[C@H](CO)[C@@H](O)[C@H](O)[C@H]4O)ccc3F)sc2c1[2H]. The topological polar surface area (TPSA) is 90.2 Å². The van der Waals surface area contributed by atoms with Gasteiger partial charge in [0.1, 0.15) is 36.3 Å². The zero-order chi connectivity index (χ0) is 24.2. The van der Waals surface area contributed by atoms with Crippen LogP contribution in [0.25, 0.3) is 10.1 Å². The molecule has 2 heterocycles. The minimum absolute atomic E-state index is 0.0755. The van der Waals surface area contributed by atoms with Gasteiger partial charge in [-0.1, -0.05) is 24.2 Å². The molecule has 0 aliphatic carbocycles. The van der Waals surface area contributed by atoms with E-state index in [4.69, 9.17) is 11.6 Å². The lowest BCUT2D eigenvalue weighted by Gasteiger charge is -2.40. The van der Waals surface area contributed by atoms with Crippen molar-refractivity contribution >= 4 is 21.4 Å². The van der Waals surface area contributed by atoms with Crippen LogP contribution < -0.4 is 0 Å². The van der Waals surface area contributed by atoms with Crippen LogP contribution in [0, 0.1) is 5.82 Å². The Morgan fingerprint density at radius 1 is 1.11 bits per heavy atom. The molecule has 1 aliphatic rings. The maximum atomic E-state index is 14.7. The Kier molecular flexibility index (Phi) is 3.98. The molecule has 2 aromatic carbocycles. The van der Waals surface area contributed by atoms with Gasteiger partial charge >= 0.3 is 0 Å². The number of aliphatic hydroxyl groups is 4. The highest BCUT2D eigenvalue weighted by Crippen LogP contribution is 2.34. The van der Waals surface area contributed by atoms with Gasteiger partial charge in [0, 0.05) is 16.0 Å². The molecular weight excluding hydrogens is 383 g/mol. The van der Waals surface area contributed by atoms with E-state index < -0.39 is 55.0 Å². The van der Waals surface area contributed by atoms with Crippen molar-refractivity contribution in [2.24, 2.45) is 0 Å². The number of fused-ring (bicyclic) bond motifs is 1. The van der Waals surface area contributed by atoms with Crippen molar-refractivity contribution in [1.82, 2.24) is 0 Å². The van der Waals surface area contributed by atoms with E-state index in [1.54, 1.807) is 0 Å². The molecule has 4 rings (SSSR count). The minimum Gasteiger partial charge on any atom is -0.394 e. The number of ether oxygens (including phenoxy) is 1. The van der Waals surface area contributed by atoms with Crippen LogP contribution in [0.1, 0.15) is 29.0 Å². The van der Waals surface area contributed by atoms with E-state index in [0.29, 0.717) is 10.4 Å². The molecule has 0 unspecified atom stereocenters. The van der Waals surface area contributed by atoms with Gasteiger partial charge in [0.15, 0.2) is 0 Å². The Balaban J connectivity index is 1.73. The summed E-state index contributed by atoms with van der Waals surface area (Å²) in [6.07, 6.45) is -6.98. The zero-order valence-corrected chi connectivity index (χ0v) is 15.3. The first-order valence-corrected chi connectivity index (χ1v) is 9.45. The largest absolute Gasteiger partial charge is 0.394 e. The second-order valence-corrected chi connectivity index (χ2v) is 7.74. The highest BCUT2D eigenvalue weighted by molar-refractivity contribution is 7.19. The van der Waals surface area contributed by atoms with Crippen molar-refractivity contribution in [3.8, 4) is 0 Å². The zero-order valence-electron chi connectivity index (χ0n) is 19.5. The number of aliphatic hydroxyl groups excluding tert-OH is 4. The van der Waals surface area contributed by atoms with Crippen LogP contribution in [0.4, 0.5) is 4.39 Å². The average molecular weight is 409 g/mol. The molecule has 4 N–H and O–H groups in total. The van der Waals surface area contributed by atoms with E-state index >= 15 is 0 Å². The molecule has 0 amide bonds. The summed E-state index contributed by atoms with van der Waals surface area (Å²) in [5.41, 5.74) is 0.417. The van der Waals surface area contributed by atoms with Crippen LogP contribution in [-0.2, 0) is 11.2 Å². The highest BCUT2D eigenvalue weighted by Gasteiger charge is 2.44. The van der Waals surface area contributed by atoms with E-state index in [2.05, 4.69) is 0 Å². The molecule has 148 valence electrons. The number of thiophene rings is 1. The molecule has 3 aromatic rings. The van der Waals surface area contributed by atoms with Gasteiger partial charge in [0.05, 0.1) is 13.5 Å². The maximum absolute atomic E-state index is 14.7. The fraction of sp³-hybridized carbons (Fsp3) is 0.333. The molecule has 28 heavy (non-hydrogen) atoms. The molecule has 0 bridgehead atoms. The van der Waals surface area contributed by atoms with Crippen LogP contribution in [0.15, 0.2) is 48.4 Å². The third kappa shape index (κ3) is 3.57. The first kappa shape index (κ1) is 14.2. The quantitative estimate of drug-likeness (QED) is 0.530. The summed E-state index contributed by atoms with van der Waals surface area (Å²) in [4.78, 5) is 0.335. The fourth-order valence-corrected chi connectivity index (χ4v) is 4.22. The predicted octanol–water partition coefficient (Wildman–Crippen LogP) is 2.15. The highest BCUT2D eigenvalue weighted by atomic mass is 32.1. The van der Waals surface area contributed by atoms with Crippen molar-refractivity contribution in [2.45, 2.75) is 36.9 Å². The first-order chi connectivity index (χ1) is 15.6. The summed E-state index contributed by atoms with van der Waals surface area (Å²) in [6, 6.07) is 2.33. The van der Waals surface area contributed by atoms with E-state index in [-0.39, 0.29) is 40.2 Å². The lowest BCUT2D eigenvalue weighted by molar-refractivity contribution is -0.231. The van der Waals surface area contributed by atoms with Gasteiger partial charge in [0.25, 0.3) is 0 Å². The van der Waals surface area contributed by atoms with E-state index in [0.717, 1.165) is 17.4 Å². The van der Waals surface area contributed by atoms with Crippen molar-refractivity contribution in [3.63, 3.8) is 0 Å². The minimum atomic E-state index is -1.58. The Labute approximate surface area is 172 Å². The van der Waals surface area contributed by atoms with Crippen LogP contribution in [0.3, 0.4) is 0 Å². The van der Waals surface area contributed by atoms with Gasteiger partial charge in [-0.2, -0.15) is 0 Å². The van der Waals surface area contributed by atoms with E-state index in [9.17, 15) is 24.8 Å². The molecule has 1 fully saturated rings. The summed E-state index contributed by atoms with van der Waals surface area (Å²) in [7, 11) is 0. The number of rotatable bonds is 4. The van der Waals surface area contributed by atoms with Crippen LogP contribution in [0.5, 0.6) is 0 Å². The van der Waals surface area contributed by atoms with E-state index in [1.807, 2.05) is 0 Å². The Bertz CT molecular complexity index is 1220. The summed E-state index contributed by atoms with van der Waals surface area (Å²) in [5.74, 6) is -0.611. The third-order valence-electron chi connectivity index (χ3n) is 4.78. The molecule has 5 atom stereocenters. The molecule has 1 aliphatic heterocycles. The lowest BCUT2D eigenvalue weighted by atomic mass is 9.90. The smallest absolute Gasteiger partial charge is 0.126 e. The maximum Gasteiger partial charge on any atom is 0.126 e. The second-order valence-electron chi connectivity index (χ2n) is 6.63. The molecular formula is C21H21FO5S. The number of hydrogen-bond donors (Lipinski definition) is 4. The van der Waals surface area contributed by atoms with Gasteiger partial charge in [0.2, 0.25) is 0 Å². The Hall–Kier alpha value is -1.87. The number of halogens is 1.